The molecule has 0 fully saturated rings. The Morgan fingerprint density at radius 3 is 2.90 bits per heavy atom. The van der Waals surface area contributed by atoms with Crippen LogP contribution in [0.1, 0.15) is 29.4 Å². The minimum atomic E-state index is -0.333. The third-order valence-corrected chi connectivity index (χ3v) is 3.18. The first-order valence-corrected chi connectivity index (χ1v) is 6.72. The minimum absolute atomic E-state index is 0.138. The summed E-state index contributed by atoms with van der Waals surface area (Å²) in [6.07, 6.45) is 1.89. The lowest BCUT2D eigenvalue weighted by atomic mass is 10.1. The fourth-order valence-corrected chi connectivity index (χ4v) is 2.16. The van der Waals surface area contributed by atoms with Gasteiger partial charge in [0.15, 0.2) is 17.3 Å². The summed E-state index contributed by atoms with van der Waals surface area (Å²) in [7, 11) is 0. The summed E-state index contributed by atoms with van der Waals surface area (Å²) >= 11 is 0. The van der Waals surface area contributed by atoms with Gasteiger partial charge in [0.2, 0.25) is 6.79 Å². The Morgan fingerprint density at radius 1 is 1.38 bits per heavy atom. The molecule has 7 nitrogen and oxygen atoms in total. The van der Waals surface area contributed by atoms with E-state index in [0.29, 0.717) is 28.6 Å². The van der Waals surface area contributed by atoms with Crippen molar-refractivity contribution in [3.05, 3.63) is 29.5 Å². The van der Waals surface area contributed by atoms with Crippen LogP contribution in [-0.4, -0.2) is 22.9 Å². The topological polar surface area (TPSA) is 102 Å². The predicted octanol–water partition coefficient (Wildman–Crippen LogP) is 1.93. The average molecular weight is 288 g/mol. The predicted molar refractivity (Wildman–Crippen MR) is 77.5 cm³/mol. The monoisotopic (exact) mass is 288 g/mol. The van der Waals surface area contributed by atoms with E-state index in [1.807, 2.05) is 6.07 Å². The lowest BCUT2D eigenvalue weighted by Crippen LogP contribution is -2.14. The number of anilines is 2. The molecule has 4 N–H and O–H groups in total. The number of carbonyl (C=O) groups is 1. The van der Waals surface area contributed by atoms with Gasteiger partial charge in [-0.25, -0.2) is 0 Å². The van der Waals surface area contributed by atoms with Gasteiger partial charge in [0.25, 0.3) is 5.91 Å². The van der Waals surface area contributed by atoms with E-state index >= 15 is 0 Å². The molecule has 0 saturated heterocycles. The smallest absolute Gasteiger partial charge is 0.259 e. The van der Waals surface area contributed by atoms with Crippen molar-refractivity contribution >= 4 is 17.4 Å². The first-order valence-electron chi connectivity index (χ1n) is 6.72. The molecule has 1 aromatic heterocycles. The maximum atomic E-state index is 12.3. The van der Waals surface area contributed by atoms with E-state index < -0.39 is 0 Å². The van der Waals surface area contributed by atoms with E-state index in [1.54, 1.807) is 12.1 Å². The molecule has 2 heterocycles. The molecule has 1 aliphatic rings. The van der Waals surface area contributed by atoms with E-state index in [-0.39, 0.29) is 12.7 Å². The molecule has 21 heavy (non-hydrogen) atoms. The second-order valence-electron chi connectivity index (χ2n) is 4.78. The number of fused-ring (bicyclic) bond motifs is 1. The maximum absolute atomic E-state index is 12.3. The number of nitrogens with one attached hydrogen (secondary N) is 2. The molecule has 0 atom stereocenters. The number of nitrogens with zero attached hydrogens (tertiary/aromatic N) is 1. The molecule has 3 rings (SSSR count). The molecule has 0 spiro atoms. The van der Waals surface area contributed by atoms with Crippen molar-refractivity contribution in [1.82, 2.24) is 10.2 Å². The van der Waals surface area contributed by atoms with Crippen LogP contribution in [0.3, 0.4) is 0 Å². The Hall–Kier alpha value is -2.70. The van der Waals surface area contributed by atoms with Crippen LogP contribution in [0.5, 0.6) is 11.5 Å². The number of ether oxygens (including phenoxy) is 2. The Kier molecular flexibility index (Phi) is 3.39. The molecule has 2 aromatic rings. The van der Waals surface area contributed by atoms with Gasteiger partial charge in [-0.3, -0.25) is 9.89 Å². The van der Waals surface area contributed by atoms with Gasteiger partial charge in [0, 0.05) is 23.5 Å². The van der Waals surface area contributed by atoms with Crippen LogP contribution in [0, 0.1) is 0 Å². The van der Waals surface area contributed by atoms with Crippen LogP contribution in [0.25, 0.3) is 0 Å². The van der Waals surface area contributed by atoms with Crippen LogP contribution in [-0.2, 0) is 6.42 Å². The number of hydrogen-bond acceptors (Lipinski definition) is 5. The molecule has 0 saturated carbocycles. The average Bonchev–Trinajstić information content (AvgIpc) is 3.07. The van der Waals surface area contributed by atoms with Gasteiger partial charge < -0.3 is 20.5 Å². The van der Waals surface area contributed by atoms with Gasteiger partial charge in [0.1, 0.15) is 0 Å². The van der Waals surface area contributed by atoms with Crippen molar-refractivity contribution in [3.8, 4) is 11.5 Å². The van der Waals surface area contributed by atoms with Crippen LogP contribution >= 0.6 is 0 Å². The van der Waals surface area contributed by atoms with Crippen molar-refractivity contribution in [1.29, 1.82) is 0 Å². The number of amides is 1. The summed E-state index contributed by atoms with van der Waals surface area (Å²) in [5.41, 5.74) is 7.52. The van der Waals surface area contributed by atoms with E-state index in [0.717, 1.165) is 18.5 Å². The summed E-state index contributed by atoms with van der Waals surface area (Å²) in [6.45, 7) is 2.21. The number of benzene rings is 1. The molecule has 1 aromatic carbocycles. The number of aryl methyl sites for hydroxylation is 1. The second-order valence-corrected chi connectivity index (χ2v) is 4.78. The molecule has 1 aliphatic heterocycles. The first kappa shape index (κ1) is 13.3. The quantitative estimate of drug-likeness (QED) is 0.746. The number of nitrogen functional groups attached to an aromatic ring is 1. The number of rotatable bonds is 4. The number of H-pyrrole nitrogens is 1. The fourth-order valence-electron chi connectivity index (χ4n) is 2.16. The molecule has 110 valence electrons. The number of carbonyl (C=O) groups excluding carboxylic acids is 1. The number of aromatic nitrogens is 2. The second kappa shape index (κ2) is 5.35. The largest absolute Gasteiger partial charge is 0.454 e. The SMILES string of the molecule is CCCc1cc(NC(=O)c2cc3c(cc2N)OCO3)n[nH]1. The number of aromatic amines is 1. The van der Waals surface area contributed by atoms with Gasteiger partial charge in [-0.15, -0.1) is 0 Å². The van der Waals surface area contributed by atoms with Gasteiger partial charge in [0.05, 0.1) is 5.56 Å². The van der Waals surface area contributed by atoms with Crippen molar-refractivity contribution in [2.45, 2.75) is 19.8 Å². The Morgan fingerprint density at radius 2 is 2.14 bits per heavy atom. The minimum Gasteiger partial charge on any atom is -0.454 e. The van der Waals surface area contributed by atoms with Crippen LogP contribution in [0.4, 0.5) is 11.5 Å². The normalized spacial score (nSPS) is 12.4. The van der Waals surface area contributed by atoms with Gasteiger partial charge in [-0.1, -0.05) is 13.3 Å². The molecule has 7 heteroatoms. The van der Waals surface area contributed by atoms with Crippen LogP contribution in [0.15, 0.2) is 18.2 Å². The van der Waals surface area contributed by atoms with Crippen LogP contribution in [0.2, 0.25) is 0 Å². The van der Waals surface area contributed by atoms with Crippen molar-refractivity contribution < 1.29 is 14.3 Å². The van der Waals surface area contributed by atoms with E-state index in [9.17, 15) is 4.79 Å². The molecular weight excluding hydrogens is 272 g/mol. The maximum Gasteiger partial charge on any atom is 0.259 e. The third-order valence-electron chi connectivity index (χ3n) is 3.18. The highest BCUT2D eigenvalue weighted by molar-refractivity contribution is 6.07. The molecule has 0 bridgehead atoms. The summed E-state index contributed by atoms with van der Waals surface area (Å²) in [6, 6.07) is 4.97. The fraction of sp³-hybridized carbons (Fsp3) is 0.286. The Bertz CT molecular complexity index is 681. The molecular formula is C14H16N4O3. The van der Waals surface area contributed by atoms with Crippen molar-refractivity contribution in [3.63, 3.8) is 0 Å². The third kappa shape index (κ3) is 2.62. The van der Waals surface area contributed by atoms with E-state index in [1.165, 1.54) is 0 Å². The van der Waals surface area contributed by atoms with Crippen LogP contribution < -0.4 is 20.5 Å². The zero-order valence-corrected chi connectivity index (χ0v) is 11.6. The lowest BCUT2D eigenvalue weighted by Gasteiger charge is -2.06. The summed E-state index contributed by atoms with van der Waals surface area (Å²) in [4.78, 5) is 12.3. The molecule has 0 aliphatic carbocycles. The standard InChI is InChI=1S/C14H16N4O3/c1-2-3-8-4-13(18-17-8)16-14(19)9-5-11-12(6-10(9)15)21-7-20-11/h4-6H,2-3,7,15H2,1H3,(H2,16,17,18,19). The summed E-state index contributed by atoms with van der Waals surface area (Å²) in [5, 5.41) is 9.64. The van der Waals surface area contributed by atoms with Gasteiger partial charge in [-0.2, -0.15) is 5.10 Å². The van der Waals surface area contributed by atoms with Crippen molar-refractivity contribution in [2.24, 2.45) is 0 Å². The zero-order valence-electron chi connectivity index (χ0n) is 11.6. The number of hydrogen-bond donors (Lipinski definition) is 3. The van der Waals surface area contributed by atoms with E-state index in [2.05, 4.69) is 22.4 Å². The number of nitrogens with two attached hydrogens (primary N) is 1. The first-order chi connectivity index (χ1) is 10.2. The lowest BCUT2D eigenvalue weighted by molar-refractivity contribution is 0.102. The Labute approximate surface area is 121 Å². The molecule has 0 unspecified atom stereocenters. The van der Waals surface area contributed by atoms with E-state index in [4.69, 9.17) is 15.2 Å². The molecule has 1 amide bonds. The Balaban J connectivity index is 1.78. The summed E-state index contributed by atoms with van der Waals surface area (Å²) in [5.74, 6) is 1.21. The molecule has 0 radical (unpaired) electrons. The van der Waals surface area contributed by atoms with Crippen molar-refractivity contribution in [2.75, 3.05) is 17.8 Å². The highest BCUT2D eigenvalue weighted by atomic mass is 16.7. The zero-order chi connectivity index (χ0) is 14.8. The highest BCUT2D eigenvalue weighted by Crippen LogP contribution is 2.36. The van der Waals surface area contributed by atoms with Gasteiger partial charge >= 0.3 is 0 Å². The van der Waals surface area contributed by atoms with Gasteiger partial charge in [-0.05, 0) is 12.5 Å². The highest BCUT2D eigenvalue weighted by Gasteiger charge is 2.20. The summed E-state index contributed by atoms with van der Waals surface area (Å²) < 4.78 is 10.5.